The SMILES string of the molecule is COC(=O)N1CCCN(S(=O)(=O)c2ccc(OC)c(C)c2)CC1. The van der Waals surface area contributed by atoms with Crippen LogP contribution in [0, 0.1) is 6.92 Å². The first-order chi connectivity index (χ1) is 10.9. The highest BCUT2D eigenvalue weighted by atomic mass is 32.2. The van der Waals surface area contributed by atoms with Gasteiger partial charge in [0.15, 0.2) is 0 Å². The molecule has 1 aliphatic rings. The van der Waals surface area contributed by atoms with Gasteiger partial charge in [-0.25, -0.2) is 13.2 Å². The fourth-order valence-electron chi connectivity index (χ4n) is 2.61. The van der Waals surface area contributed by atoms with Crippen LogP contribution >= 0.6 is 0 Å². The van der Waals surface area contributed by atoms with Gasteiger partial charge in [0.2, 0.25) is 10.0 Å². The van der Waals surface area contributed by atoms with Crippen molar-refractivity contribution < 1.29 is 22.7 Å². The summed E-state index contributed by atoms with van der Waals surface area (Å²) in [7, 11) is -0.720. The van der Waals surface area contributed by atoms with E-state index in [0.29, 0.717) is 31.8 Å². The van der Waals surface area contributed by atoms with E-state index in [1.807, 2.05) is 0 Å². The molecule has 0 aliphatic carbocycles. The monoisotopic (exact) mass is 342 g/mol. The molecule has 0 saturated carbocycles. The summed E-state index contributed by atoms with van der Waals surface area (Å²) in [5.41, 5.74) is 0.764. The van der Waals surface area contributed by atoms with E-state index >= 15 is 0 Å². The fourth-order valence-corrected chi connectivity index (χ4v) is 4.16. The summed E-state index contributed by atoms with van der Waals surface area (Å²) in [6, 6.07) is 4.81. The molecule has 0 spiro atoms. The second kappa shape index (κ2) is 7.18. The number of ether oxygens (including phenoxy) is 2. The van der Waals surface area contributed by atoms with Crippen molar-refractivity contribution in [3.8, 4) is 5.75 Å². The number of carbonyl (C=O) groups excluding carboxylic acids is 1. The Balaban J connectivity index is 2.19. The summed E-state index contributed by atoms with van der Waals surface area (Å²) in [4.78, 5) is 13.3. The van der Waals surface area contributed by atoms with Crippen LogP contribution in [0.4, 0.5) is 4.79 Å². The summed E-state index contributed by atoms with van der Waals surface area (Å²) in [5, 5.41) is 0. The average Bonchev–Trinajstić information content (AvgIpc) is 2.80. The van der Waals surface area contributed by atoms with E-state index in [1.54, 1.807) is 32.2 Å². The molecule has 1 saturated heterocycles. The molecule has 0 atom stereocenters. The maximum atomic E-state index is 12.8. The number of hydrogen-bond donors (Lipinski definition) is 0. The molecule has 0 aromatic heterocycles. The van der Waals surface area contributed by atoms with E-state index < -0.39 is 16.1 Å². The van der Waals surface area contributed by atoms with E-state index in [2.05, 4.69) is 0 Å². The van der Waals surface area contributed by atoms with Crippen molar-refractivity contribution in [3.63, 3.8) is 0 Å². The Labute approximate surface area is 136 Å². The van der Waals surface area contributed by atoms with E-state index in [-0.39, 0.29) is 11.4 Å². The van der Waals surface area contributed by atoms with Gasteiger partial charge in [-0.15, -0.1) is 0 Å². The lowest BCUT2D eigenvalue weighted by atomic mass is 10.2. The van der Waals surface area contributed by atoms with Crippen molar-refractivity contribution in [1.82, 2.24) is 9.21 Å². The van der Waals surface area contributed by atoms with Crippen LogP contribution in [0.3, 0.4) is 0 Å². The minimum Gasteiger partial charge on any atom is -0.496 e. The molecule has 7 nitrogen and oxygen atoms in total. The molecule has 1 amide bonds. The van der Waals surface area contributed by atoms with Crippen molar-refractivity contribution >= 4 is 16.1 Å². The number of methoxy groups -OCH3 is 2. The number of rotatable bonds is 3. The van der Waals surface area contributed by atoms with Gasteiger partial charge < -0.3 is 14.4 Å². The number of hydrogen-bond acceptors (Lipinski definition) is 5. The molecule has 1 aromatic carbocycles. The summed E-state index contributed by atoms with van der Waals surface area (Å²) in [5.74, 6) is 0.650. The topological polar surface area (TPSA) is 76.2 Å². The van der Waals surface area contributed by atoms with Crippen molar-refractivity contribution in [3.05, 3.63) is 23.8 Å². The first-order valence-corrected chi connectivity index (χ1v) is 8.82. The van der Waals surface area contributed by atoms with Gasteiger partial charge in [0.1, 0.15) is 5.75 Å². The molecular weight excluding hydrogens is 320 g/mol. The van der Waals surface area contributed by atoms with Gasteiger partial charge in [0.05, 0.1) is 19.1 Å². The number of nitrogens with zero attached hydrogens (tertiary/aromatic N) is 2. The number of aryl methyl sites for hydroxylation is 1. The Hall–Kier alpha value is -1.80. The van der Waals surface area contributed by atoms with Crippen LogP contribution in [-0.4, -0.2) is 64.1 Å². The molecule has 0 bridgehead atoms. The molecule has 8 heteroatoms. The quantitative estimate of drug-likeness (QED) is 0.831. The van der Waals surface area contributed by atoms with E-state index in [4.69, 9.17) is 9.47 Å². The maximum Gasteiger partial charge on any atom is 0.409 e. The van der Waals surface area contributed by atoms with Crippen LogP contribution in [0.5, 0.6) is 5.75 Å². The van der Waals surface area contributed by atoms with Crippen LogP contribution < -0.4 is 4.74 Å². The zero-order valence-electron chi connectivity index (χ0n) is 13.6. The van der Waals surface area contributed by atoms with Crippen LogP contribution in [0.15, 0.2) is 23.1 Å². The minimum absolute atomic E-state index is 0.238. The Bertz CT molecular complexity index is 674. The van der Waals surface area contributed by atoms with Gasteiger partial charge in [0.25, 0.3) is 0 Å². The summed E-state index contributed by atoms with van der Waals surface area (Å²) < 4.78 is 36.9. The Morgan fingerprint density at radius 1 is 1.13 bits per heavy atom. The summed E-state index contributed by atoms with van der Waals surface area (Å²) in [6.07, 6.45) is 0.147. The zero-order chi connectivity index (χ0) is 17.0. The van der Waals surface area contributed by atoms with Gasteiger partial charge in [-0.2, -0.15) is 4.31 Å². The Kier molecular flexibility index (Phi) is 5.48. The van der Waals surface area contributed by atoms with Crippen LogP contribution in [-0.2, 0) is 14.8 Å². The van der Waals surface area contributed by atoms with Crippen LogP contribution in [0.1, 0.15) is 12.0 Å². The predicted molar refractivity (Wildman–Crippen MR) is 85.1 cm³/mol. The maximum absolute atomic E-state index is 12.8. The first kappa shape index (κ1) is 17.6. The third-order valence-corrected chi connectivity index (χ3v) is 5.79. The molecule has 128 valence electrons. The Morgan fingerprint density at radius 3 is 2.48 bits per heavy atom. The number of sulfonamides is 1. The second-order valence-corrected chi connectivity index (χ2v) is 7.28. The molecule has 23 heavy (non-hydrogen) atoms. The lowest BCUT2D eigenvalue weighted by Crippen LogP contribution is -2.37. The lowest BCUT2D eigenvalue weighted by Gasteiger charge is -2.21. The highest BCUT2D eigenvalue weighted by Crippen LogP contribution is 2.24. The van der Waals surface area contributed by atoms with Crippen molar-refractivity contribution in [2.24, 2.45) is 0 Å². The normalized spacial score (nSPS) is 16.7. The molecule has 0 N–H and O–H groups in total. The smallest absolute Gasteiger partial charge is 0.409 e. The second-order valence-electron chi connectivity index (χ2n) is 5.35. The van der Waals surface area contributed by atoms with Crippen LogP contribution in [0.2, 0.25) is 0 Å². The predicted octanol–water partition coefficient (Wildman–Crippen LogP) is 1.47. The number of benzene rings is 1. The largest absolute Gasteiger partial charge is 0.496 e. The molecule has 0 unspecified atom stereocenters. The molecule has 0 radical (unpaired) electrons. The van der Waals surface area contributed by atoms with E-state index in [1.165, 1.54) is 16.3 Å². The minimum atomic E-state index is -3.59. The third-order valence-electron chi connectivity index (χ3n) is 3.89. The van der Waals surface area contributed by atoms with Crippen molar-refractivity contribution in [2.75, 3.05) is 40.4 Å². The molecule has 1 fully saturated rings. The van der Waals surface area contributed by atoms with E-state index in [0.717, 1.165) is 5.56 Å². The zero-order valence-corrected chi connectivity index (χ0v) is 14.4. The number of amides is 1. The third kappa shape index (κ3) is 3.76. The molecular formula is C15H22N2O5S. The Morgan fingerprint density at radius 2 is 1.87 bits per heavy atom. The van der Waals surface area contributed by atoms with Crippen LogP contribution in [0.25, 0.3) is 0 Å². The molecule has 1 aliphatic heterocycles. The highest BCUT2D eigenvalue weighted by molar-refractivity contribution is 7.89. The molecule has 1 heterocycles. The molecule has 2 rings (SSSR count). The van der Waals surface area contributed by atoms with Gasteiger partial charge >= 0.3 is 6.09 Å². The van der Waals surface area contributed by atoms with Gasteiger partial charge in [0, 0.05) is 26.2 Å². The van der Waals surface area contributed by atoms with Gasteiger partial charge in [-0.1, -0.05) is 0 Å². The first-order valence-electron chi connectivity index (χ1n) is 7.38. The van der Waals surface area contributed by atoms with Crippen molar-refractivity contribution in [1.29, 1.82) is 0 Å². The summed E-state index contributed by atoms with van der Waals surface area (Å²) in [6.45, 7) is 3.24. The molecule has 1 aromatic rings. The summed E-state index contributed by atoms with van der Waals surface area (Å²) >= 11 is 0. The van der Waals surface area contributed by atoms with Gasteiger partial charge in [-0.3, -0.25) is 0 Å². The lowest BCUT2D eigenvalue weighted by molar-refractivity contribution is 0.126. The van der Waals surface area contributed by atoms with Crippen molar-refractivity contribution in [2.45, 2.75) is 18.2 Å². The number of carbonyl (C=O) groups is 1. The van der Waals surface area contributed by atoms with Gasteiger partial charge in [-0.05, 0) is 37.1 Å². The fraction of sp³-hybridized carbons (Fsp3) is 0.533. The highest BCUT2D eigenvalue weighted by Gasteiger charge is 2.28. The van der Waals surface area contributed by atoms with E-state index in [9.17, 15) is 13.2 Å². The standard InChI is InChI=1S/C15H22N2O5S/c1-12-11-13(5-6-14(12)21-2)23(19,20)17-8-4-7-16(9-10-17)15(18)22-3/h5-6,11H,4,7-10H2,1-3H3. The average molecular weight is 342 g/mol.